The molecule has 190 valence electrons. The van der Waals surface area contributed by atoms with Gasteiger partial charge in [-0.15, -0.1) is 0 Å². The van der Waals surface area contributed by atoms with Crippen LogP contribution in [0.25, 0.3) is 22.8 Å². The first-order valence-electron chi connectivity index (χ1n) is 12.2. The molecule has 0 unspecified atom stereocenters. The Balaban J connectivity index is 1.52. The molecule has 0 radical (unpaired) electrons. The number of benzene rings is 2. The molecule has 1 aliphatic heterocycles. The molecule has 1 saturated carbocycles. The molecule has 36 heavy (non-hydrogen) atoms. The second kappa shape index (κ2) is 10.0. The summed E-state index contributed by atoms with van der Waals surface area (Å²) in [4.78, 5) is 19.5. The van der Waals surface area contributed by atoms with Crippen molar-refractivity contribution in [2.45, 2.75) is 31.6 Å². The fraction of sp³-hybridized carbons (Fsp3) is 0.407. The summed E-state index contributed by atoms with van der Waals surface area (Å²) in [5.41, 5.74) is 3.12. The van der Waals surface area contributed by atoms with Crippen molar-refractivity contribution in [1.29, 1.82) is 0 Å². The number of esters is 1. The number of anilines is 1. The van der Waals surface area contributed by atoms with Crippen LogP contribution in [0.15, 0.2) is 52.9 Å². The Hall–Kier alpha value is -3.20. The molecule has 2 aliphatic rings. The quantitative estimate of drug-likeness (QED) is 0.453. The van der Waals surface area contributed by atoms with Crippen LogP contribution in [0.5, 0.6) is 0 Å². The van der Waals surface area contributed by atoms with Gasteiger partial charge in [0.2, 0.25) is 5.89 Å². The van der Waals surface area contributed by atoms with Crippen molar-refractivity contribution in [3.05, 3.63) is 60.0 Å². The molecule has 3 aromatic rings. The van der Waals surface area contributed by atoms with E-state index in [9.17, 15) is 17.6 Å². The number of oxazole rings is 1. The van der Waals surface area contributed by atoms with Crippen LogP contribution in [0.3, 0.4) is 0 Å². The van der Waals surface area contributed by atoms with Crippen LogP contribution in [-0.2, 0) is 19.4 Å². The number of hydrogen-bond donors (Lipinski definition) is 0. The standard InChI is InChI=1S/C27H29FN2O5S/c1-34-27(31)23-5-3-2-4-22(23)24-25(35-26(29-24)19-6-10-20(28)11-7-19)18-8-12-21(13-9-18)30-14-16-36(32,33)17-15-30/h6-13,22-23H,2-5,14-17H2,1H3/t22-,23-/m1/s1. The Morgan fingerprint density at radius 1 is 1.00 bits per heavy atom. The van der Waals surface area contributed by atoms with Crippen LogP contribution in [0, 0.1) is 11.7 Å². The molecule has 1 aliphatic carbocycles. The topological polar surface area (TPSA) is 89.7 Å². The Morgan fingerprint density at radius 2 is 1.64 bits per heavy atom. The van der Waals surface area contributed by atoms with E-state index in [0.717, 1.165) is 36.9 Å². The van der Waals surface area contributed by atoms with Gasteiger partial charge in [-0.3, -0.25) is 4.79 Å². The minimum Gasteiger partial charge on any atom is -0.469 e. The monoisotopic (exact) mass is 512 g/mol. The summed E-state index contributed by atoms with van der Waals surface area (Å²) in [6.07, 6.45) is 3.45. The van der Waals surface area contributed by atoms with Gasteiger partial charge >= 0.3 is 5.97 Å². The van der Waals surface area contributed by atoms with Gasteiger partial charge in [0, 0.05) is 35.8 Å². The van der Waals surface area contributed by atoms with E-state index in [1.807, 2.05) is 24.3 Å². The summed E-state index contributed by atoms with van der Waals surface area (Å²) in [6.45, 7) is 0.930. The van der Waals surface area contributed by atoms with Crippen molar-refractivity contribution in [2.75, 3.05) is 36.6 Å². The second-order valence-electron chi connectivity index (χ2n) is 9.45. The van der Waals surface area contributed by atoms with Gasteiger partial charge in [-0.05, 0) is 61.4 Å². The molecular weight excluding hydrogens is 483 g/mol. The molecule has 9 heteroatoms. The lowest BCUT2D eigenvalue weighted by Gasteiger charge is -2.29. The van der Waals surface area contributed by atoms with Gasteiger partial charge in [0.25, 0.3) is 0 Å². The number of carbonyl (C=O) groups excluding carboxylic acids is 1. The van der Waals surface area contributed by atoms with E-state index in [2.05, 4.69) is 4.90 Å². The van der Waals surface area contributed by atoms with Crippen molar-refractivity contribution < 1.29 is 26.8 Å². The molecule has 2 atom stereocenters. The van der Waals surface area contributed by atoms with Crippen molar-refractivity contribution in [3.8, 4) is 22.8 Å². The third-order valence-corrected chi connectivity index (χ3v) is 8.81. The van der Waals surface area contributed by atoms with Gasteiger partial charge in [0.05, 0.1) is 30.2 Å². The summed E-state index contributed by atoms with van der Waals surface area (Å²) in [5.74, 6) is 0.228. The van der Waals surface area contributed by atoms with E-state index in [0.29, 0.717) is 36.0 Å². The smallest absolute Gasteiger partial charge is 0.309 e. The molecular formula is C27H29FN2O5S. The maximum absolute atomic E-state index is 13.5. The van der Waals surface area contributed by atoms with Crippen molar-refractivity contribution in [3.63, 3.8) is 0 Å². The molecule has 1 aromatic heterocycles. The van der Waals surface area contributed by atoms with Gasteiger partial charge in [-0.1, -0.05) is 12.8 Å². The van der Waals surface area contributed by atoms with Gasteiger partial charge in [-0.25, -0.2) is 17.8 Å². The summed E-state index contributed by atoms with van der Waals surface area (Å²) in [5, 5.41) is 0. The minimum absolute atomic E-state index is 0.147. The highest BCUT2D eigenvalue weighted by Gasteiger charge is 2.37. The van der Waals surface area contributed by atoms with Gasteiger partial charge in [0.1, 0.15) is 5.82 Å². The molecule has 7 nitrogen and oxygen atoms in total. The van der Waals surface area contributed by atoms with E-state index in [1.165, 1.54) is 19.2 Å². The zero-order valence-electron chi connectivity index (χ0n) is 20.2. The fourth-order valence-electron chi connectivity index (χ4n) is 5.19. The highest BCUT2D eigenvalue weighted by Crippen LogP contribution is 2.43. The third kappa shape index (κ3) is 5.02. The molecule has 2 aromatic carbocycles. The number of halogens is 1. The Bertz CT molecular complexity index is 1320. The van der Waals surface area contributed by atoms with Crippen molar-refractivity contribution in [1.82, 2.24) is 4.98 Å². The van der Waals surface area contributed by atoms with E-state index in [1.54, 1.807) is 12.1 Å². The van der Waals surface area contributed by atoms with Crippen LogP contribution in [0.1, 0.15) is 37.3 Å². The third-order valence-electron chi connectivity index (χ3n) is 7.20. The lowest BCUT2D eigenvalue weighted by Crippen LogP contribution is -2.40. The van der Waals surface area contributed by atoms with Crippen LogP contribution in [0.4, 0.5) is 10.1 Å². The van der Waals surface area contributed by atoms with Gasteiger partial charge < -0.3 is 14.1 Å². The predicted molar refractivity (Wildman–Crippen MR) is 135 cm³/mol. The number of carbonyl (C=O) groups is 1. The number of methoxy groups -OCH3 is 1. The van der Waals surface area contributed by atoms with Crippen LogP contribution in [-0.4, -0.2) is 51.1 Å². The molecule has 1 saturated heterocycles. The molecule has 0 spiro atoms. The number of sulfone groups is 1. The summed E-state index contributed by atoms with van der Waals surface area (Å²) in [7, 11) is -1.55. The fourth-order valence-corrected chi connectivity index (χ4v) is 6.39. The molecule has 5 rings (SSSR count). The first kappa shape index (κ1) is 24.5. The van der Waals surface area contributed by atoms with E-state index in [-0.39, 0.29) is 35.1 Å². The number of aromatic nitrogens is 1. The maximum Gasteiger partial charge on any atom is 0.309 e. The molecule has 0 amide bonds. The van der Waals surface area contributed by atoms with Crippen LogP contribution >= 0.6 is 0 Å². The lowest BCUT2D eigenvalue weighted by atomic mass is 9.76. The van der Waals surface area contributed by atoms with Crippen LogP contribution in [0.2, 0.25) is 0 Å². The van der Waals surface area contributed by atoms with Gasteiger partial charge in [0.15, 0.2) is 15.6 Å². The highest BCUT2D eigenvalue weighted by molar-refractivity contribution is 7.91. The Morgan fingerprint density at radius 3 is 2.31 bits per heavy atom. The number of rotatable bonds is 5. The van der Waals surface area contributed by atoms with E-state index < -0.39 is 9.84 Å². The first-order chi connectivity index (χ1) is 17.3. The Labute approximate surface area is 210 Å². The second-order valence-corrected chi connectivity index (χ2v) is 11.8. The molecule has 2 fully saturated rings. The Kier molecular flexibility index (Phi) is 6.83. The van der Waals surface area contributed by atoms with Crippen molar-refractivity contribution in [2.24, 2.45) is 5.92 Å². The van der Waals surface area contributed by atoms with Crippen LogP contribution < -0.4 is 4.90 Å². The number of hydrogen-bond acceptors (Lipinski definition) is 7. The normalized spacial score (nSPS) is 21.8. The minimum atomic E-state index is -2.96. The number of ether oxygens (including phenoxy) is 1. The maximum atomic E-state index is 13.5. The van der Waals surface area contributed by atoms with Crippen molar-refractivity contribution >= 4 is 21.5 Å². The summed E-state index contributed by atoms with van der Waals surface area (Å²) < 4.78 is 48.5. The highest BCUT2D eigenvalue weighted by atomic mass is 32.2. The van der Waals surface area contributed by atoms with Gasteiger partial charge in [-0.2, -0.15) is 0 Å². The number of nitrogens with zero attached hydrogens (tertiary/aromatic N) is 2. The zero-order chi connectivity index (χ0) is 25.3. The first-order valence-corrected chi connectivity index (χ1v) is 14.1. The van der Waals surface area contributed by atoms with E-state index in [4.69, 9.17) is 14.1 Å². The average molecular weight is 513 g/mol. The average Bonchev–Trinajstić information content (AvgIpc) is 3.34. The summed E-state index contributed by atoms with van der Waals surface area (Å²) in [6, 6.07) is 13.8. The predicted octanol–water partition coefficient (Wildman–Crippen LogP) is 4.83. The molecule has 0 bridgehead atoms. The summed E-state index contributed by atoms with van der Waals surface area (Å²) >= 11 is 0. The molecule has 0 N–H and O–H groups in total. The van der Waals surface area contributed by atoms with E-state index >= 15 is 0 Å². The largest absolute Gasteiger partial charge is 0.469 e. The SMILES string of the molecule is COC(=O)[C@@H]1CCCC[C@H]1c1nc(-c2ccc(F)cc2)oc1-c1ccc(N2CCS(=O)(=O)CC2)cc1. The zero-order valence-corrected chi connectivity index (χ0v) is 21.0. The lowest BCUT2D eigenvalue weighted by molar-refractivity contribution is -0.147. The molecule has 2 heterocycles.